The number of benzene rings is 2. The molecule has 1 aromatic heterocycles. The highest BCUT2D eigenvalue weighted by molar-refractivity contribution is 7.80. The van der Waals surface area contributed by atoms with Crippen LogP contribution in [0.4, 0.5) is 5.82 Å². The van der Waals surface area contributed by atoms with E-state index in [-0.39, 0.29) is 6.04 Å². The van der Waals surface area contributed by atoms with E-state index in [1.54, 1.807) is 0 Å². The standard InChI is InChI=1S/C21H21N3S/c1-15-7-6-10-18(13-15)20(17-8-4-3-5-9-17)24-21(25)23-19-12-11-16(2)14-22-19/h3-14,20H,1-2H3,(H2,22,23,24,25)/t20-/m0/s1. The quantitative estimate of drug-likeness (QED) is 0.666. The molecule has 0 saturated heterocycles. The van der Waals surface area contributed by atoms with Gasteiger partial charge in [-0.3, -0.25) is 0 Å². The van der Waals surface area contributed by atoms with Gasteiger partial charge in [0.1, 0.15) is 5.82 Å². The van der Waals surface area contributed by atoms with E-state index in [4.69, 9.17) is 12.2 Å². The van der Waals surface area contributed by atoms with E-state index < -0.39 is 0 Å². The van der Waals surface area contributed by atoms with Gasteiger partial charge in [0.05, 0.1) is 6.04 Å². The molecule has 0 aliphatic rings. The summed E-state index contributed by atoms with van der Waals surface area (Å²) in [6.07, 6.45) is 1.82. The maximum atomic E-state index is 5.52. The van der Waals surface area contributed by atoms with Crippen LogP contribution in [0.25, 0.3) is 0 Å². The van der Waals surface area contributed by atoms with Crippen molar-refractivity contribution >= 4 is 23.1 Å². The summed E-state index contributed by atoms with van der Waals surface area (Å²) in [7, 11) is 0. The number of thiocarbonyl (C=S) groups is 1. The molecule has 0 spiro atoms. The zero-order valence-electron chi connectivity index (χ0n) is 14.4. The molecule has 1 heterocycles. The molecule has 25 heavy (non-hydrogen) atoms. The van der Waals surface area contributed by atoms with E-state index in [2.05, 4.69) is 58.9 Å². The van der Waals surface area contributed by atoms with Gasteiger partial charge in [-0.05, 0) is 48.8 Å². The van der Waals surface area contributed by atoms with E-state index >= 15 is 0 Å². The van der Waals surface area contributed by atoms with Gasteiger partial charge < -0.3 is 10.6 Å². The number of aromatic nitrogens is 1. The Balaban J connectivity index is 1.82. The minimum absolute atomic E-state index is 0.0217. The second kappa shape index (κ2) is 7.90. The van der Waals surface area contributed by atoms with Gasteiger partial charge >= 0.3 is 0 Å². The van der Waals surface area contributed by atoms with Gasteiger partial charge in [-0.25, -0.2) is 4.98 Å². The Bertz CT molecular complexity index is 845. The van der Waals surface area contributed by atoms with Crippen LogP contribution >= 0.6 is 12.2 Å². The lowest BCUT2D eigenvalue weighted by Gasteiger charge is -2.22. The van der Waals surface area contributed by atoms with Gasteiger partial charge in [-0.15, -0.1) is 0 Å². The molecular formula is C21H21N3S. The Morgan fingerprint density at radius 3 is 2.32 bits per heavy atom. The number of rotatable bonds is 4. The summed E-state index contributed by atoms with van der Waals surface area (Å²) >= 11 is 5.52. The van der Waals surface area contributed by atoms with Crippen molar-refractivity contribution in [2.24, 2.45) is 0 Å². The molecule has 2 aromatic carbocycles. The van der Waals surface area contributed by atoms with Crippen molar-refractivity contribution < 1.29 is 0 Å². The third-order valence-corrected chi connectivity index (χ3v) is 4.16. The fourth-order valence-electron chi connectivity index (χ4n) is 2.68. The predicted molar refractivity (Wildman–Crippen MR) is 108 cm³/mol. The Hall–Kier alpha value is -2.72. The van der Waals surface area contributed by atoms with Crippen molar-refractivity contribution in [3.8, 4) is 0 Å². The lowest BCUT2D eigenvalue weighted by molar-refractivity contribution is 0.767. The Morgan fingerprint density at radius 1 is 0.880 bits per heavy atom. The Morgan fingerprint density at radius 2 is 1.64 bits per heavy atom. The summed E-state index contributed by atoms with van der Waals surface area (Å²) in [6, 6.07) is 22.7. The minimum atomic E-state index is -0.0217. The number of anilines is 1. The number of hydrogen-bond donors (Lipinski definition) is 2. The maximum Gasteiger partial charge on any atom is 0.172 e. The van der Waals surface area contributed by atoms with Gasteiger partial charge in [0, 0.05) is 6.20 Å². The van der Waals surface area contributed by atoms with Crippen molar-refractivity contribution in [2.75, 3.05) is 5.32 Å². The summed E-state index contributed by atoms with van der Waals surface area (Å²) in [5, 5.41) is 7.13. The highest BCUT2D eigenvalue weighted by Crippen LogP contribution is 2.23. The van der Waals surface area contributed by atoms with Crippen LogP contribution in [-0.2, 0) is 0 Å². The number of nitrogens with zero attached hydrogens (tertiary/aromatic N) is 1. The second-order valence-corrected chi connectivity index (χ2v) is 6.49. The molecule has 126 valence electrons. The van der Waals surface area contributed by atoms with Crippen LogP contribution < -0.4 is 10.6 Å². The molecule has 0 fully saturated rings. The molecule has 3 rings (SSSR count). The Labute approximate surface area is 154 Å². The fourth-order valence-corrected chi connectivity index (χ4v) is 2.90. The zero-order valence-corrected chi connectivity index (χ0v) is 15.2. The number of nitrogens with one attached hydrogen (secondary N) is 2. The second-order valence-electron chi connectivity index (χ2n) is 6.08. The topological polar surface area (TPSA) is 37.0 Å². The van der Waals surface area contributed by atoms with Crippen molar-refractivity contribution in [3.63, 3.8) is 0 Å². The van der Waals surface area contributed by atoms with Gasteiger partial charge in [-0.2, -0.15) is 0 Å². The summed E-state index contributed by atoms with van der Waals surface area (Å²) in [5.41, 5.74) is 4.67. The highest BCUT2D eigenvalue weighted by Gasteiger charge is 2.15. The van der Waals surface area contributed by atoms with E-state index in [9.17, 15) is 0 Å². The molecule has 2 N–H and O–H groups in total. The minimum Gasteiger partial charge on any atom is -0.351 e. The SMILES string of the molecule is Cc1ccc(NC(=S)N[C@@H](c2ccccc2)c2cccc(C)c2)nc1. The molecule has 3 aromatic rings. The average molecular weight is 347 g/mol. The first kappa shape index (κ1) is 17.1. The van der Waals surface area contributed by atoms with Crippen LogP contribution in [0, 0.1) is 13.8 Å². The van der Waals surface area contributed by atoms with Gasteiger partial charge in [-0.1, -0.05) is 66.2 Å². The van der Waals surface area contributed by atoms with Crippen LogP contribution in [-0.4, -0.2) is 10.1 Å². The Kier molecular flexibility index (Phi) is 5.41. The molecular weight excluding hydrogens is 326 g/mol. The van der Waals surface area contributed by atoms with Crippen molar-refractivity contribution in [1.29, 1.82) is 0 Å². The van der Waals surface area contributed by atoms with Crippen LogP contribution in [0.2, 0.25) is 0 Å². The van der Waals surface area contributed by atoms with Crippen LogP contribution in [0.3, 0.4) is 0 Å². The molecule has 1 atom stereocenters. The molecule has 0 bridgehead atoms. The first-order valence-electron chi connectivity index (χ1n) is 8.23. The lowest BCUT2D eigenvalue weighted by Crippen LogP contribution is -2.33. The number of aryl methyl sites for hydroxylation is 2. The largest absolute Gasteiger partial charge is 0.351 e. The summed E-state index contributed by atoms with van der Waals surface area (Å²) in [5.74, 6) is 0.735. The van der Waals surface area contributed by atoms with E-state index in [0.29, 0.717) is 5.11 Å². The molecule has 0 aliphatic heterocycles. The fraction of sp³-hybridized carbons (Fsp3) is 0.143. The first-order chi connectivity index (χ1) is 12.1. The van der Waals surface area contributed by atoms with Gasteiger partial charge in [0.25, 0.3) is 0 Å². The normalized spacial score (nSPS) is 11.6. The monoisotopic (exact) mass is 347 g/mol. The molecule has 0 unspecified atom stereocenters. The van der Waals surface area contributed by atoms with E-state index in [0.717, 1.165) is 16.9 Å². The van der Waals surface area contributed by atoms with Gasteiger partial charge in [0.15, 0.2) is 5.11 Å². The molecule has 0 radical (unpaired) electrons. The van der Waals surface area contributed by atoms with E-state index in [1.165, 1.54) is 11.1 Å². The smallest absolute Gasteiger partial charge is 0.172 e. The van der Waals surface area contributed by atoms with Crippen molar-refractivity contribution in [2.45, 2.75) is 19.9 Å². The summed E-state index contributed by atoms with van der Waals surface area (Å²) in [6.45, 7) is 4.11. The summed E-state index contributed by atoms with van der Waals surface area (Å²) in [4.78, 5) is 4.35. The van der Waals surface area contributed by atoms with Crippen molar-refractivity contribution in [1.82, 2.24) is 10.3 Å². The highest BCUT2D eigenvalue weighted by atomic mass is 32.1. The third kappa shape index (κ3) is 4.64. The third-order valence-electron chi connectivity index (χ3n) is 3.94. The molecule has 0 saturated carbocycles. The molecule has 0 amide bonds. The molecule has 0 aliphatic carbocycles. The zero-order chi connectivity index (χ0) is 17.6. The lowest BCUT2D eigenvalue weighted by atomic mass is 9.97. The molecule has 4 heteroatoms. The van der Waals surface area contributed by atoms with Crippen molar-refractivity contribution in [3.05, 3.63) is 95.2 Å². The van der Waals surface area contributed by atoms with Crippen LogP contribution in [0.5, 0.6) is 0 Å². The van der Waals surface area contributed by atoms with Gasteiger partial charge in [0.2, 0.25) is 0 Å². The number of pyridine rings is 1. The summed E-state index contributed by atoms with van der Waals surface area (Å²) < 4.78 is 0. The predicted octanol–water partition coefficient (Wildman–Crippen LogP) is 4.77. The van der Waals surface area contributed by atoms with Crippen LogP contribution in [0.1, 0.15) is 28.3 Å². The number of hydrogen-bond acceptors (Lipinski definition) is 2. The first-order valence-corrected chi connectivity index (χ1v) is 8.64. The van der Waals surface area contributed by atoms with E-state index in [1.807, 2.05) is 43.5 Å². The maximum absolute atomic E-state index is 5.52. The average Bonchev–Trinajstić information content (AvgIpc) is 2.62. The molecule has 3 nitrogen and oxygen atoms in total. The van der Waals surface area contributed by atoms with Crippen LogP contribution in [0.15, 0.2) is 72.9 Å².